The first kappa shape index (κ1) is 31.9. The van der Waals surface area contributed by atoms with Crippen molar-refractivity contribution in [2.24, 2.45) is 0 Å². The van der Waals surface area contributed by atoms with E-state index in [4.69, 9.17) is 4.98 Å². The van der Waals surface area contributed by atoms with E-state index in [0.717, 1.165) is 75.5 Å². The predicted octanol–water partition coefficient (Wildman–Crippen LogP) is 3.68. The van der Waals surface area contributed by atoms with Crippen LogP contribution in [0.5, 0.6) is 0 Å². The van der Waals surface area contributed by atoms with Crippen molar-refractivity contribution in [2.45, 2.75) is 95.0 Å². The fourth-order valence-corrected chi connectivity index (χ4v) is 8.31. The molecule has 4 aliphatic heterocycles. The molecule has 1 aliphatic carbocycles. The molecule has 49 heavy (non-hydrogen) atoms. The number of imide groups is 1. The van der Waals surface area contributed by atoms with E-state index in [1.54, 1.807) is 11.0 Å². The molecule has 11 heteroatoms. The van der Waals surface area contributed by atoms with E-state index >= 15 is 0 Å². The minimum absolute atomic E-state index is 0.193. The Kier molecular flexibility index (Phi) is 8.57. The number of benzene rings is 2. The molecule has 1 aromatic heterocycles. The normalized spacial score (nSPS) is 22.9. The molecule has 1 unspecified atom stereocenters. The van der Waals surface area contributed by atoms with E-state index < -0.39 is 17.6 Å². The molecule has 8 rings (SSSR count). The quantitative estimate of drug-likeness (QED) is 0.324. The van der Waals surface area contributed by atoms with Crippen LogP contribution in [0.25, 0.3) is 0 Å². The van der Waals surface area contributed by atoms with Gasteiger partial charge in [0.25, 0.3) is 5.91 Å². The van der Waals surface area contributed by atoms with Gasteiger partial charge in [0, 0.05) is 74.9 Å². The van der Waals surface area contributed by atoms with Gasteiger partial charge >= 0.3 is 0 Å². The Hall–Kier alpha value is -4.35. The zero-order chi connectivity index (χ0) is 33.5. The van der Waals surface area contributed by atoms with Gasteiger partial charge in [-0.15, -0.1) is 0 Å². The van der Waals surface area contributed by atoms with Crippen molar-refractivity contribution in [3.05, 3.63) is 82.2 Å². The molecular formula is C38H45N7O4. The highest BCUT2D eigenvalue weighted by Crippen LogP contribution is 2.37. The number of aliphatic hydroxyl groups is 1. The number of fused-ring (bicyclic) bond motifs is 2. The fraction of sp³-hybridized carbons (Fsp3) is 0.500. The first-order valence-corrected chi connectivity index (χ1v) is 18.0. The number of carbonyl (C=O) groups is 3. The first-order valence-electron chi connectivity index (χ1n) is 18.0. The SMILES string of the molecule is O=C1CCC(N2Cc3cc(C4(O)CCN(Cc5ccc(N6CCC(Nc7ncc8c(n7)CCCC8)CC6)cc5)CC4)ccc3C2=O)C(=O)N1. The van der Waals surface area contributed by atoms with E-state index in [0.29, 0.717) is 37.4 Å². The zero-order valence-corrected chi connectivity index (χ0v) is 28.0. The van der Waals surface area contributed by atoms with Crippen LogP contribution < -0.4 is 15.5 Å². The zero-order valence-electron chi connectivity index (χ0n) is 28.0. The third-order valence-corrected chi connectivity index (χ3v) is 11.3. The first-order chi connectivity index (χ1) is 23.8. The Labute approximate surface area is 287 Å². The van der Waals surface area contributed by atoms with Crippen LogP contribution in [0.4, 0.5) is 11.6 Å². The topological polar surface area (TPSA) is 131 Å². The number of likely N-dealkylation sites (tertiary alicyclic amines) is 1. The van der Waals surface area contributed by atoms with Crippen molar-refractivity contribution >= 4 is 29.4 Å². The number of nitrogens with one attached hydrogen (secondary N) is 2. The van der Waals surface area contributed by atoms with E-state index in [2.05, 4.69) is 49.7 Å². The van der Waals surface area contributed by atoms with Gasteiger partial charge in [0.05, 0.1) is 5.60 Å². The van der Waals surface area contributed by atoms with Crippen LogP contribution in [0.2, 0.25) is 0 Å². The van der Waals surface area contributed by atoms with Gasteiger partial charge in [-0.3, -0.25) is 24.6 Å². The standard InChI is InChI=1S/C38H45N7O4/c46-34-12-11-33(35(47)42-34)45-24-27-21-28(7-10-31(27)36(45)48)38(49)15-19-43(20-16-38)23-25-5-8-30(9-6-25)44-17-13-29(14-18-44)40-37-39-22-26-3-1-2-4-32(26)41-37/h5-10,21-22,29,33,49H,1-4,11-20,23-24H2,(H,39,40,41)(H,42,46,47). The summed E-state index contributed by atoms with van der Waals surface area (Å²) in [5.41, 5.74) is 6.31. The highest BCUT2D eigenvalue weighted by atomic mass is 16.3. The number of aromatic nitrogens is 2. The lowest BCUT2D eigenvalue weighted by molar-refractivity contribution is -0.136. The van der Waals surface area contributed by atoms with Gasteiger partial charge in [-0.05, 0) is 98.2 Å². The molecule has 5 aliphatic rings. The smallest absolute Gasteiger partial charge is 0.255 e. The van der Waals surface area contributed by atoms with Gasteiger partial charge in [0.15, 0.2) is 0 Å². The molecule has 3 saturated heterocycles. The third-order valence-electron chi connectivity index (χ3n) is 11.3. The van der Waals surface area contributed by atoms with Crippen molar-refractivity contribution in [1.29, 1.82) is 0 Å². The molecule has 1 atom stereocenters. The Morgan fingerprint density at radius 2 is 1.67 bits per heavy atom. The number of carbonyl (C=O) groups excluding carboxylic acids is 3. The minimum Gasteiger partial charge on any atom is -0.385 e. The molecule has 0 bridgehead atoms. The Morgan fingerprint density at radius 3 is 2.45 bits per heavy atom. The summed E-state index contributed by atoms with van der Waals surface area (Å²) in [5, 5.41) is 17.6. The van der Waals surface area contributed by atoms with E-state index in [-0.39, 0.29) is 18.2 Å². The van der Waals surface area contributed by atoms with Gasteiger partial charge in [0.2, 0.25) is 17.8 Å². The maximum absolute atomic E-state index is 13.1. The lowest BCUT2D eigenvalue weighted by atomic mass is 9.83. The molecule has 3 aromatic rings. The molecule has 0 saturated carbocycles. The lowest BCUT2D eigenvalue weighted by Gasteiger charge is -2.39. The highest BCUT2D eigenvalue weighted by Gasteiger charge is 2.41. The second-order valence-corrected chi connectivity index (χ2v) is 14.5. The van der Waals surface area contributed by atoms with E-state index in [9.17, 15) is 19.5 Å². The van der Waals surface area contributed by atoms with Crippen molar-refractivity contribution in [3.63, 3.8) is 0 Å². The number of hydrogen-bond donors (Lipinski definition) is 3. The molecule has 5 heterocycles. The summed E-state index contributed by atoms with van der Waals surface area (Å²) in [6.07, 6.45) is 10.5. The van der Waals surface area contributed by atoms with Crippen LogP contribution in [0.3, 0.4) is 0 Å². The van der Waals surface area contributed by atoms with Crippen molar-refractivity contribution in [3.8, 4) is 0 Å². The van der Waals surface area contributed by atoms with Crippen molar-refractivity contribution in [2.75, 3.05) is 36.4 Å². The summed E-state index contributed by atoms with van der Waals surface area (Å²) in [4.78, 5) is 52.9. The highest BCUT2D eigenvalue weighted by molar-refractivity contribution is 6.05. The molecule has 3 amide bonds. The minimum atomic E-state index is -0.965. The number of anilines is 2. The summed E-state index contributed by atoms with van der Waals surface area (Å²) in [6, 6.07) is 14.3. The molecular weight excluding hydrogens is 618 g/mol. The molecule has 256 valence electrons. The molecule has 3 N–H and O–H groups in total. The summed E-state index contributed by atoms with van der Waals surface area (Å²) < 4.78 is 0. The molecule has 11 nitrogen and oxygen atoms in total. The van der Waals surface area contributed by atoms with Gasteiger partial charge in [0.1, 0.15) is 6.04 Å². The van der Waals surface area contributed by atoms with Crippen LogP contribution in [0.1, 0.15) is 89.7 Å². The largest absolute Gasteiger partial charge is 0.385 e. The summed E-state index contributed by atoms with van der Waals surface area (Å²) >= 11 is 0. The number of hydrogen-bond acceptors (Lipinski definition) is 9. The number of amides is 3. The van der Waals surface area contributed by atoms with Crippen molar-refractivity contribution < 1.29 is 19.5 Å². The average Bonchev–Trinajstić information content (AvgIpc) is 3.45. The van der Waals surface area contributed by atoms with Crippen LogP contribution >= 0.6 is 0 Å². The van der Waals surface area contributed by atoms with Crippen LogP contribution in [0.15, 0.2) is 48.7 Å². The lowest BCUT2D eigenvalue weighted by Crippen LogP contribution is -2.52. The van der Waals surface area contributed by atoms with Crippen LogP contribution in [-0.4, -0.2) is 80.9 Å². The van der Waals surface area contributed by atoms with E-state index in [1.807, 2.05) is 18.3 Å². The van der Waals surface area contributed by atoms with Gasteiger partial charge in [-0.25, -0.2) is 9.97 Å². The van der Waals surface area contributed by atoms with Crippen LogP contribution in [0, 0.1) is 0 Å². The Bertz CT molecular complexity index is 1750. The van der Waals surface area contributed by atoms with Gasteiger partial charge in [-0.2, -0.15) is 0 Å². The fourth-order valence-electron chi connectivity index (χ4n) is 8.31. The van der Waals surface area contributed by atoms with Crippen molar-refractivity contribution in [1.82, 2.24) is 25.1 Å². The second kappa shape index (κ2) is 13.2. The Balaban J connectivity index is 0.818. The third kappa shape index (κ3) is 6.53. The monoisotopic (exact) mass is 663 g/mol. The van der Waals surface area contributed by atoms with Crippen LogP contribution in [-0.2, 0) is 41.1 Å². The number of rotatable bonds is 7. The maximum atomic E-state index is 13.1. The summed E-state index contributed by atoms with van der Waals surface area (Å²) in [5.74, 6) is -0.124. The van der Waals surface area contributed by atoms with E-state index in [1.165, 1.54) is 35.3 Å². The number of aryl methyl sites for hydroxylation is 2. The molecule has 3 fully saturated rings. The summed E-state index contributed by atoms with van der Waals surface area (Å²) in [7, 11) is 0. The molecule has 0 spiro atoms. The van der Waals surface area contributed by atoms with Gasteiger partial charge < -0.3 is 20.2 Å². The second-order valence-electron chi connectivity index (χ2n) is 14.5. The molecule has 0 radical (unpaired) electrons. The van der Waals surface area contributed by atoms with Gasteiger partial charge in [-0.1, -0.05) is 24.3 Å². The summed E-state index contributed by atoms with van der Waals surface area (Å²) in [6.45, 7) is 4.68. The number of nitrogens with zero attached hydrogens (tertiary/aromatic N) is 5. The predicted molar refractivity (Wildman–Crippen MR) is 185 cm³/mol. The maximum Gasteiger partial charge on any atom is 0.255 e. The molecule has 2 aromatic carbocycles. The Morgan fingerprint density at radius 1 is 0.898 bits per heavy atom. The average molecular weight is 664 g/mol. The number of piperidine rings is 3.